The molecule has 6 heteroatoms. The highest BCUT2D eigenvalue weighted by molar-refractivity contribution is 9.10. The summed E-state index contributed by atoms with van der Waals surface area (Å²) >= 11 is 3.50. The maximum absolute atomic E-state index is 13.7. The van der Waals surface area contributed by atoms with E-state index >= 15 is 0 Å². The van der Waals surface area contributed by atoms with Crippen LogP contribution in [-0.4, -0.2) is 61.0 Å². The van der Waals surface area contributed by atoms with Crippen molar-refractivity contribution in [3.05, 3.63) is 34.3 Å². The molecule has 3 aliphatic rings. The SMILES string of the molecule is O=C(C1CCN(C(=O)C2(c3ccc(Br)cc3)CCOCC2)CC1)N1CCCCC1. The van der Waals surface area contributed by atoms with E-state index in [0.717, 1.165) is 61.7 Å². The molecule has 2 amide bonds. The number of carbonyl (C=O) groups excluding carboxylic acids is 2. The van der Waals surface area contributed by atoms with Crippen molar-refractivity contribution in [3.63, 3.8) is 0 Å². The van der Waals surface area contributed by atoms with E-state index in [0.29, 0.717) is 32.2 Å². The summed E-state index contributed by atoms with van der Waals surface area (Å²) in [6.45, 7) is 4.41. The third-order valence-electron chi connectivity index (χ3n) is 6.95. The predicted octanol–water partition coefficient (Wildman–Crippen LogP) is 3.75. The molecule has 0 aromatic heterocycles. The van der Waals surface area contributed by atoms with Crippen molar-refractivity contribution >= 4 is 27.7 Å². The minimum atomic E-state index is -0.497. The van der Waals surface area contributed by atoms with Crippen LogP contribution in [-0.2, 0) is 19.7 Å². The lowest BCUT2D eigenvalue weighted by atomic mass is 9.72. The number of benzene rings is 1. The lowest BCUT2D eigenvalue weighted by Gasteiger charge is -2.42. The molecule has 3 saturated heterocycles. The normalized spacial score (nSPS) is 23.1. The summed E-state index contributed by atoms with van der Waals surface area (Å²) in [4.78, 5) is 30.6. The Labute approximate surface area is 181 Å². The van der Waals surface area contributed by atoms with Gasteiger partial charge < -0.3 is 14.5 Å². The van der Waals surface area contributed by atoms with Gasteiger partial charge in [-0.1, -0.05) is 28.1 Å². The van der Waals surface area contributed by atoms with Crippen molar-refractivity contribution < 1.29 is 14.3 Å². The first kappa shape index (κ1) is 20.9. The number of nitrogens with zero attached hydrogens (tertiary/aromatic N) is 2. The van der Waals surface area contributed by atoms with Gasteiger partial charge in [-0.15, -0.1) is 0 Å². The van der Waals surface area contributed by atoms with Crippen LogP contribution < -0.4 is 0 Å². The molecule has 29 heavy (non-hydrogen) atoms. The highest BCUT2D eigenvalue weighted by Gasteiger charge is 2.45. The second-order valence-electron chi connectivity index (χ2n) is 8.65. The molecule has 0 bridgehead atoms. The molecule has 5 nitrogen and oxygen atoms in total. The quantitative estimate of drug-likeness (QED) is 0.686. The highest BCUT2D eigenvalue weighted by Crippen LogP contribution is 2.38. The monoisotopic (exact) mass is 462 g/mol. The Kier molecular flexibility index (Phi) is 6.60. The number of amides is 2. The molecule has 0 atom stereocenters. The molecule has 1 aromatic carbocycles. The fourth-order valence-electron chi connectivity index (χ4n) is 5.12. The van der Waals surface area contributed by atoms with Gasteiger partial charge in [-0.3, -0.25) is 9.59 Å². The molecule has 0 saturated carbocycles. The van der Waals surface area contributed by atoms with Crippen molar-refractivity contribution in [1.82, 2.24) is 9.80 Å². The van der Waals surface area contributed by atoms with Crippen LogP contribution in [0, 0.1) is 5.92 Å². The van der Waals surface area contributed by atoms with Crippen LogP contribution in [0.15, 0.2) is 28.7 Å². The van der Waals surface area contributed by atoms with Gasteiger partial charge in [0.05, 0.1) is 5.41 Å². The van der Waals surface area contributed by atoms with Crippen LogP contribution in [0.3, 0.4) is 0 Å². The van der Waals surface area contributed by atoms with Crippen molar-refractivity contribution in [2.45, 2.75) is 50.4 Å². The molecule has 1 aromatic rings. The zero-order valence-corrected chi connectivity index (χ0v) is 18.7. The molecule has 3 heterocycles. The van der Waals surface area contributed by atoms with Gasteiger partial charge in [0.2, 0.25) is 11.8 Å². The summed E-state index contributed by atoms with van der Waals surface area (Å²) in [7, 11) is 0. The summed E-state index contributed by atoms with van der Waals surface area (Å²) < 4.78 is 6.61. The Bertz CT molecular complexity index is 716. The van der Waals surface area contributed by atoms with Gasteiger partial charge in [0.25, 0.3) is 0 Å². The molecule has 4 rings (SSSR count). The number of halogens is 1. The Balaban J connectivity index is 1.44. The summed E-state index contributed by atoms with van der Waals surface area (Å²) in [6, 6.07) is 8.17. The minimum Gasteiger partial charge on any atom is -0.381 e. The van der Waals surface area contributed by atoms with E-state index in [4.69, 9.17) is 4.74 Å². The van der Waals surface area contributed by atoms with E-state index in [1.807, 2.05) is 21.9 Å². The molecular formula is C23H31BrN2O3. The summed E-state index contributed by atoms with van der Waals surface area (Å²) in [5.74, 6) is 0.605. The fraction of sp³-hybridized carbons (Fsp3) is 0.652. The van der Waals surface area contributed by atoms with Crippen LogP contribution >= 0.6 is 15.9 Å². The van der Waals surface area contributed by atoms with E-state index in [9.17, 15) is 9.59 Å². The fourth-order valence-corrected chi connectivity index (χ4v) is 5.38. The Morgan fingerprint density at radius 1 is 0.897 bits per heavy atom. The third-order valence-corrected chi connectivity index (χ3v) is 7.48. The molecule has 0 N–H and O–H groups in total. The van der Waals surface area contributed by atoms with E-state index in [-0.39, 0.29) is 11.8 Å². The van der Waals surface area contributed by atoms with Gasteiger partial charge in [0, 0.05) is 49.8 Å². The largest absolute Gasteiger partial charge is 0.381 e. The van der Waals surface area contributed by atoms with Crippen LogP contribution in [0.5, 0.6) is 0 Å². The smallest absolute Gasteiger partial charge is 0.233 e. The topological polar surface area (TPSA) is 49.9 Å². The third kappa shape index (κ3) is 4.38. The van der Waals surface area contributed by atoms with Crippen molar-refractivity contribution in [2.75, 3.05) is 39.4 Å². The number of rotatable bonds is 3. The highest BCUT2D eigenvalue weighted by atomic mass is 79.9. The molecule has 158 valence electrons. The Morgan fingerprint density at radius 3 is 2.14 bits per heavy atom. The number of ether oxygens (including phenoxy) is 1. The van der Waals surface area contributed by atoms with Gasteiger partial charge in [0.1, 0.15) is 0 Å². The maximum Gasteiger partial charge on any atom is 0.233 e. The number of hydrogen-bond acceptors (Lipinski definition) is 3. The standard InChI is InChI=1S/C23H31BrN2O3/c24-20-6-4-19(5-7-20)23(10-16-29-17-11-23)22(28)26-14-8-18(9-15-26)21(27)25-12-2-1-3-13-25/h4-7,18H,1-3,8-17H2. The van der Waals surface area contributed by atoms with E-state index in [2.05, 4.69) is 28.1 Å². The molecule has 0 radical (unpaired) electrons. The molecule has 3 fully saturated rings. The van der Waals surface area contributed by atoms with Crippen LogP contribution in [0.2, 0.25) is 0 Å². The Morgan fingerprint density at radius 2 is 1.52 bits per heavy atom. The summed E-state index contributed by atoms with van der Waals surface area (Å²) in [6.07, 6.45) is 6.50. The van der Waals surface area contributed by atoms with Crippen LogP contribution in [0.4, 0.5) is 0 Å². The molecule has 3 aliphatic heterocycles. The van der Waals surface area contributed by atoms with Gasteiger partial charge >= 0.3 is 0 Å². The minimum absolute atomic E-state index is 0.0791. The number of hydrogen-bond donors (Lipinski definition) is 0. The van der Waals surface area contributed by atoms with Gasteiger partial charge in [-0.2, -0.15) is 0 Å². The van der Waals surface area contributed by atoms with Gasteiger partial charge in [-0.25, -0.2) is 0 Å². The average molecular weight is 463 g/mol. The maximum atomic E-state index is 13.7. The molecular weight excluding hydrogens is 432 g/mol. The first-order valence-corrected chi connectivity index (χ1v) is 11.8. The molecule has 0 spiro atoms. The van der Waals surface area contributed by atoms with E-state index < -0.39 is 5.41 Å². The Hall–Kier alpha value is -1.40. The van der Waals surface area contributed by atoms with Crippen molar-refractivity contribution in [3.8, 4) is 0 Å². The number of likely N-dealkylation sites (tertiary alicyclic amines) is 2. The second kappa shape index (κ2) is 9.17. The van der Waals surface area contributed by atoms with E-state index in [1.54, 1.807) is 0 Å². The zero-order chi connectivity index (χ0) is 20.3. The first-order valence-electron chi connectivity index (χ1n) is 11.0. The average Bonchev–Trinajstić information content (AvgIpc) is 2.80. The zero-order valence-electron chi connectivity index (χ0n) is 17.1. The first-order chi connectivity index (χ1) is 14.1. The number of piperidine rings is 2. The molecule has 0 aliphatic carbocycles. The summed E-state index contributed by atoms with van der Waals surface area (Å²) in [5, 5.41) is 0. The molecule has 0 unspecified atom stereocenters. The van der Waals surface area contributed by atoms with Crippen LogP contribution in [0.25, 0.3) is 0 Å². The predicted molar refractivity (Wildman–Crippen MR) is 116 cm³/mol. The van der Waals surface area contributed by atoms with Gasteiger partial charge in [0.15, 0.2) is 0 Å². The van der Waals surface area contributed by atoms with Crippen molar-refractivity contribution in [2.24, 2.45) is 5.92 Å². The lowest BCUT2D eigenvalue weighted by molar-refractivity contribution is -0.146. The lowest BCUT2D eigenvalue weighted by Crippen LogP contribution is -2.53. The van der Waals surface area contributed by atoms with Gasteiger partial charge in [-0.05, 0) is 62.6 Å². The van der Waals surface area contributed by atoms with Crippen molar-refractivity contribution in [1.29, 1.82) is 0 Å². The number of carbonyl (C=O) groups is 2. The second-order valence-corrected chi connectivity index (χ2v) is 9.57. The van der Waals surface area contributed by atoms with E-state index in [1.165, 1.54) is 6.42 Å². The summed E-state index contributed by atoms with van der Waals surface area (Å²) in [5.41, 5.74) is 0.586. The van der Waals surface area contributed by atoms with Crippen LogP contribution in [0.1, 0.15) is 50.5 Å².